The Balaban J connectivity index is 2.44. The Labute approximate surface area is 125 Å². The Morgan fingerprint density at radius 2 is 1.56 bits per heavy atom. The van der Waals surface area contributed by atoms with Gasteiger partial charge in [0.15, 0.2) is 3.01 Å². The second-order valence-electron chi connectivity index (χ2n) is 4.10. The van der Waals surface area contributed by atoms with E-state index in [1.165, 1.54) is 20.2 Å². The van der Waals surface area contributed by atoms with Gasteiger partial charge < -0.3 is 0 Å². The molecule has 2 aromatic heterocycles. The molecule has 4 rings (SSSR count). The number of hydrogen-bond acceptors (Lipinski definition) is 4. The van der Waals surface area contributed by atoms with Gasteiger partial charge >= 0.3 is 0 Å². The highest BCUT2D eigenvalue weighted by Crippen LogP contribution is 2.40. The molecule has 2 heterocycles. The zero-order chi connectivity index (χ0) is 12.3. The van der Waals surface area contributed by atoms with Crippen LogP contribution >= 0.6 is 45.3 Å². The summed E-state index contributed by atoms with van der Waals surface area (Å²) in [4.78, 5) is 9.38. The molecule has 18 heavy (non-hydrogen) atoms. The highest BCUT2D eigenvalue weighted by molar-refractivity contribution is 14.1. The molecule has 88 valence electrons. The maximum atomic E-state index is 4.70. The van der Waals surface area contributed by atoms with Crippen LogP contribution in [-0.4, -0.2) is 9.97 Å². The molecule has 0 bridgehead atoms. The van der Waals surface area contributed by atoms with Crippen LogP contribution in [0.3, 0.4) is 0 Å². The summed E-state index contributed by atoms with van der Waals surface area (Å²) in [6, 6.07) is 8.42. The number of aryl methyl sites for hydroxylation is 1. The number of fused-ring (bicyclic) bond motifs is 6. The molecule has 0 fully saturated rings. The molecule has 0 spiro atoms. The third-order valence-corrected chi connectivity index (χ3v) is 5.86. The topological polar surface area (TPSA) is 25.8 Å². The van der Waals surface area contributed by atoms with E-state index in [0.29, 0.717) is 0 Å². The molecule has 0 aliphatic carbocycles. The van der Waals surface area contributed by atoms with Crippen molar-refractivity contribution in [3.8, 4) is 0 Å². The number of halogens is 1. The molecule has 0 N–H and O–H groups in total. The number of thiazole rings is 2. The highest BCUT2D eigenvalue weighted by Gasteiger charge is 2.15. The minimum absolute atomic E-state index is 1.09. The SMILES string of the molecule is Cc1nc2c3ccccc3c3nc(I)sc3c2s1. The fourth-order valence-electron chi connectivity index (χ4n) is 2.29. The van der Waals surface area contributed by atoms with Gasteiger partial charge in [0, 0.05) is 10.8 Å². The van der Waals surface area contributed by atoms with Crippen LogP contribution in [0.25, 0.3) is 31.2 Å². The summed E-state index contributed by atoms with van der Waals surface area (Å²) >= 11 is 5.82. The van der Waals surface area contributed by atoms with Gasteiger partial charge in [-0.1, -0.05) is 24.3 Å². The summed E-state index contributed by atoms with van der Waals surface area (Å²) in [6.45, 7) is 2.07. The van der Waals surface area contributed by atoms with Crippen LogP contribution in [-0.2, 0) is 0 Å². The molecule has 5 heteroatoms. The summed E-state index contributed by atoms with van der Waals surface area (Å²) in [5.74, 6) is 0. The molecule has 4 aromatic rings. The molecule has 0 saturated heterocycles. The Bertz CT molecular complexity index is 832. The molecule has 0 atom stereocenters. The lowest BCUT2D eigenvalue weighted by molar-refractivity contribution is 1.35. The lowest BCUT2D eigenvalue weighted by Crippen LogP contribution is -1.78. The summed E-state index contributed by atoms with van der Waals surface area (Å²) in [5.41, 5.74) is 2.25. The van der Waals surface area contributed by atoms with Crippen LogP contribution in [0, 0.1) is 9.94 Å². The maximum Gasteiger partial charge on any atom is 0.155 e. The first-order valence-corrected chi connectivity index (χ1v) is 8.19. The van der Waals surface area contributed by atoms with Crippen molar-refractivity contribution >= 4 is 76.5 Å². The van der Waals surface area contributed by atoms with E-state index < -0.39 is 0 Å². The Hall–Kier alpha value is -0.790. The van der Waals surface area contributed by atoms with Crippen LogP contribution in [0.2, 0.25) is 0 Å². The summed E-state index contributed by atoms with van der Waals surface area (Å²) in [7, 11) is 0. The van der Waals surface area contributed by atoms with Crippen molar-refractivity contribution in [3.05, 3.63) is 32.3 Å². The van der Waals surface area contributed by atoms with E-state index >= 15 is 0 Å². The van der Waals surface area contributed by atoms with Crippen LogP contribution in [0.5, 0.6) is 0 Å². The lowest BCUT2D eigenvalue weighted by atomic mass is 10.1. The van der Waals surface area contributed by atoms with Crippen molar-refractivity contribution in [2.45, 2.75) is 6.92 Å². The van der Waals surface area contributed by atoms with Gasteiger partial charge in [0.05, 0.1) is 25.4 Å². The van der Waals surface area contributed by atoms with Gasteiger partial charge in [-0.15, -0.1) is 22.7 Å². The molecule has 0 radical (unpaired) electrons. The van der Waals surface area contributed by atoms with Crippen molar-refractivity contribution in [1.82, 2.24) is 9.97 Å². The van der Waals surface area contributed by atoms with E-state index in [0.717, 1.165) is 19.1 Å². The number of hydrogen-bond donors (Lipinski definition) is 0. The minimum Gasteiger partial charge on any atom is -0.241 e. The average molecular weight is 382 g/mol. The van der Waals surface area contributed by atoms with Crippen molar-refractivity contribution in [1.29, 1.82) is 0 Å². The zero-order valence-corrected chi connectivity index (χ0v) is 13.2. The molecular weight excluding hydrogens is 375 g/mol. The second kappa shape index (κ2) is 3.85. The fourth-order valence-corrected chi connectivity index (χ4v) is 5.06. The van der Waals surface area contributed by atoms with E-state index in [1.54, 1.807) is 22.7 Å². The molecule has 2 aromatic carbocycles. The van der Waals surface area contributed by atoms with Crippen LogP contribution in [0.1, 0.15) is 5.01 Å². The number of benzene rings is 2. The van der Waals surface area contributed by atoms with Gasteiger partial charge in [0.2, 0.25) is 0 Å². The third-order valence-electron chi connectivity index (χ3n) is 2.98. The molecule has 0 saturated carbocycles. The van der Waals surface area contributed by atoms with Crippen LogP contribution in [0.4, 0.5) is 0 Å². The minimum atomic E-state index is 1.09. The Morgan fingerprint density at radius 3 is 2.28 bits per heavy atom. The molecule has 0 aliphatic heterocycles. The Morgan fingerprint density at radius 1 is 0.944 bits per heavy atom. The maximum absolute atomic E-state index is 4.70. The van der Waals surface area contributed by atoms with Crippen LogP contribution in [0.15, 0.2) is 24.3 Å². The quantitative estimate of drug-likeness (QED) is 0.401. The monoisotopic (exact) mass is 382 g/mol. The van der Waals surface area contributed by atoms with Gasteiger partial charge in [-0.25, -0.2) is 9.97 Å². The first kappa shape index (κ1) is 11.1. The molecule has 2 nitrogen and oxygen atoms in total. The second-order valence-corrected chi connectivity index (χ2v) is 8.06. The number of nitrogens with zero attached hydrogens (tertiary/aromatic N) is 2. The standard InChI is InChI=1S/C13H7IN2S2/c1-6-15-9-7-4-2-3-5-8(7)10-12(11(9)17-6)18-13(14)16-10/h2-5H,1H3. The van der Waals surface area contributed by atoms with Gasteiger partial charge in [0.25, 0.3) is 0 Å². The molecule has 0 amide bonds. The summed E-state index contributed by atoms with van der Waals surface area (Å²) < 4.78 is 3.65. The normalized spacial score (nSPS) is 11.9. The predicted octanol–water partition coefficient (Wildman–Crippen LogP) is 4.97. The zero-order valence-electron chi connectivity index (χ0n) is 9.40. The van der Waals surface area contributed by atoms with Crippen molar-refractivity contribution in [2.75, 3.05) is 0 Å². The summed E-state index contributed by atoms with van der Waals surface area (Å²) in [6.07, 6.45) is 0. The van der Waals surface area contributed by atoms with E-state index in [-0.39, 0.29) is 0 Å². The number of aromatic nitrogens is 2. The van der Waals surface area contributed by atoms with Crippen molar-refractivity contribution in [2.24, 2.45) is 0 Å². The van der Waals surface area contributed by atoms with Crippen molar-refractivity contribution < 1.29 is 0 Å². The van der Waals surface area contributed by atoms with Gasteiger partial charge in [-0.2, -0.15) is 0 Å². The Kier molecular flexibility index (Phi) is 2.37. The van der Waals surface area contributed by atoms with E-state index in [9.17, 15) is 0 Å². The predicted molar refractivity (Wildman–Crippen MR) is 87.8 cm³/mol. The molecule has 0 aliphatic rings. The van der Waals surface area contributed by atoms with E-state index in [1.807, 2.05) is 0 Å². The lowest BCUT2D eigenvalue weighted by Gasteiger charge is -1.99. The van der Waals surface area contributed by atoms with E-state index in [4.69, 9.17) is 4.98 Å². The van der Waals surface area contributed by atoms with Gasteiger partial charge in [-0.3, -0.25) is 0 Å². The first-order chi connectivity index (χ1) is 8.74. The van der Waals surface area contributed by atoms with Crippen molar-refractivity contribution in [3.63, 3.8) is 0 Å². The third kappa shape index (κ3) is 1.44. The summed E-state index contributed by atoms with van der Waals surface area (Å²) in [5, 5.41) is 3.54. The first-order valence-electron chi connectivity index (χ1n) is 5.48. The number of rotatable bonds is 0. The van der Waals surface area contributed by atoms with Gasteiger partial charge in [-0.05, 0) is 29.5 Å². The smallest absolute Gasteiger partial charge is 0.155 e. The van der Waals surface area contributed by atoms with E-state index in [2.05, 4.69) is 58.8 Å². The molecular formula is C13H7IN2S2. The fraction of sp³-hybridized carbons (Fsp3) is 0.0769. The van der Waals surface area contributed by atoms with Gasteiger partial charge in [0.1, 0.15) is 0 Å². The molecule has 0 unspecified atom stereocenters. The average Bonchev–Trinajstić information content (AvgIpc) is 2.92. The largest absolute Gasteiger partial charge is 0.241 e. The highest BCUT2D eigenvalue weighted by atomic mass is 127. The van der Waals surface area contributed by atoms with Crippen LogP contribution < -0.4 is 0 Å².